The largest absolute Gasteiger partial charge is 0.502 e. The Bertz CT molecular complexity index is 275. The van der Waals surface area contributed by atoms with Crippen LogP contribution in [0.15, 0.2) is 18.2 Å². The molecule has 0 aromatic heterocycles. The first-order chi connectivity index (χ1) is 5.13. The van der Waals surface area contributed by atoms with Crippen LogP contribution >= 0.6 is 0 Å². The Labute approximate surface area is 63.2 Å². The van der Waals surface area contributed by atoms with Crippen LogP contribution in [0.5, 0.6) is 5.75 Å². The van der Waals surface area contributed by atoms with E-state index in [-0.39, 0.29) is 17.0 Å². The van der Waals surface area contributed by atoms with Gasteiger partial charge in [0.1, 0.15) is 0 Å². The number of nitro benzene ring substituents is 1. The molecule has 1 radical (unpaired) electrons. The number of rotatable bonds is 1. The molecule has 1 aromatic carbocycles. The molecule has 4 heteroatoms. The summed E-state index contributed by atoms with van der Waals surface area (Å²) < 4.78 is 0. The smallest absolute Gasteiger partial charge is 0.313 e. The molecule has 0 saturated heterocycles. The van der Waals surface area contributed by atoms with Gasteiger partial charge in [0.2, 0.25) is 0 Å². The molecule has 0 bridgehead atoms. The molecular weight excluding hydrogens is 146 g/mol. The van der Waals surface area contributed by atoms with Crippen molar-refractivity contribution in [2.75, 3.05) is 0 Å². The van der Waals surface area contributed by atoms with Gasteiger partial charge in [-0.15, -0.1) is 0 Å². The standard InChI is InChI=1S/C7H6NO3/c1-5-3-2-4-6(9)7(5)8(10)11/h2-4,9H,1H2. The zero-order valence-corrected chi connectivity index (χ0v) is 5.65. The minimum atomic E-state index is -0.655. The summed E-state index contributed by atoms with van der Waals surface area (Å²) in [6.45, 7) is 3.40. The van der Waals surface area contributed by atoms with Crippen LogP contribution in [0.3, 0.4) is 0 Å². The normalized spacial score (nSPS) is 9.55. The molecule has 0 spiro atoms. The average molecular weight is 152 g/mol. The quantitative estimate of drug-likeness (QED) is 0.489. The van der Waals surface area contributed by atoms with E-state index in [2.05, 4.69) is 6.92 Å². The van der Waals surface area contributed by atoms with Crippen molar-refractivity contribution in [3.8, 4) is 5.75 Å². The molecule has 1 N–H and O–H groups in total. The zero-order chi connectivity index (χ0) is 8.43. The van der Waals surface area contributed by atoms with Gasteiger partial charge < -0.3 is 5.11 Å². The molecule has 1 aromatic rings. The molecule has 1 rings (SSSR count). The number of phenols is 1. The van der Waals surface area contributed by atoms with Crippen LogP contribution in [0.25, 0.3) is 0 Å². The van der Waals surface area contributed by atoms with Gasteiger partial charge >= 0.3 is 5.69 Å². The van der Waals surface area contributed by atoms with Crippen molar-refractivity contribution in [2.45, 2.75) is 0 Å². The number of hydrogen-bond acceptors (Lipinski definition) is 3. The van der Waals surface area contributed by atoms with E-state index in [1.807, 2.05) is 0 Å². The van der Waals surface area contributed by atoms with Crippen LogP contribution in [-0.4, -0.2) is 10.0 Å². The van der Waals surface area contributed by atoms with Crippen molar-refractivity contribution < 1.29 is 10.0 Å². The Kier molecular flexibility index (Phi) is 1.76. The SMILES string of the molecule is [CH2]c1cccc(O)c1[N+](=O)[O-]. The summed E-state index contributed by atoms with van der Waals surface area (Å²) in [4.78, 5) is 9.59. The van der Waals surface area contributed by atoms with Gasteiger partial charge in [0, 0.05) is 5.56 Å². The lowest BCUT2D eigenvalue weighted by atomic mass is 10.2. The molecule has 0 aliphatic heterocycles. The molecule has 0 fully saturated rings. The van der Waals surface area contributed by atoms with E-state index in [1.165, 1.54) is 18.2 Å². The Morgan fingerprint density at radius 3 is 2.55 bits per heavy atom. The van der Waals surface area contributed by atoms with Crippen LogP contribution in [-0.2, 0) is 0 Å². The summed E-state index contributed by atoms with van der Waals surface area (Å²) in [5, 5.41) is 19.2. The van der Waals surface area contributed by atoms with Crippen molar-refractivity contribution in [3.63, 3.8) is 0 Å². The number of hydrogen-bond donors (Lipinski definition) is 1. The maximum absolute atomic E-state index is 10.2. The summed E-state index contributed by atoms with van der Waals surface area (Å²) >= 11 is 0. The van der Waals surface area contributed by atoms with E-state index in [0.29, 0.717) is 0 Å². The molecule has 0 aliphatic rings. The van der Waals surface area contributed by atoms with Crippen LogP contribution in [0.2, 0.25) is 0 Å². The van der Waals surface area contributed by atoms with Gasteiger partial charge in [-0.2, -0.15) is 0 Å². The Morgan fingerprint density at radius 1 is 1.55 bits per heavy atom. The molecule has 11 heavy (non-hydrogen) atoms. The number of nitrogens with zero attached hydrogens (tertiary/aromatic N) is 1. The van der Waals surface area contributed by atoms with Crippen LogP contribution < -0.4 is 0 Å². The van der Waals surface area contributed by atoms with Gasteiger partial charge in [-0.3, -0.25) is 10.1 Å². The van der Waals surface area contributed by atoms with E-state index < -0.39 is 4.92 Å². The lowest BCUT2D eigenvalue weighted by Crippen LogP contribution is -1.91. The molecular formula is C7H6NO3. The zero-order valence-electron chi connectivity index (χ0n) is 5.65. The summed E-state index contributed by atoms with van der Waals surface area (Å²) in [5.74, 6) is -0.345. The van der Waals surface area contributed by atoms with E-state index >= 15 is 0 Å². The monoisotopic (exact) mass is 152 g/mol. The third kappa shape index (κ3) is 1.29. The fraction of sp³-hybridized carbons (Fsp3) is 0. The topological polar surface area (TPSA) is 63.4 Å². The van der Waals surface area contributed by atoms with Crippen LogP contribution in [0.4, 0.5) is 5.69 Å². The molecule has 0 aliphatic carbocycles. The van der Waals surface area contributed by atoms with Crippen molar-refractivity contribution >= 4 is 5.69 Å². The van der Waals surface area contributed by atoms with Gasteiger partial charge in [-0.1, -0.05) is 12.1 Å². The summed E-state index contributed by atoms with van der Waals surface area (Å²) in [6.07, 6.45) is 0. The van der Waals surface area contributed by atoms with Gasteiger partial charge in [-0.05, 0) is 13.0 Å². The number of benzene rings is 1. The Hall–Kier alpha value is -1.58. The summed E-state index contributed by atoms with van der Waals surface area (Å²) in [7, 11) is 0. The first-order valence-corrected chi connectivity index (χ1v) is 2.91. The first-order valence-electron chi connectivity index (χ1n) is 2.91. The molecule has 57 valence electrons. The maximum atomic E-state index is 10.2. The molecule has 0 unspecified atom stereocenters. The second kappa shape index (κ2) is 2.57. The predicted octanol–water partition coefficient (Wildman–Crippen LogP) is 1.48. The van der Waals surface area contributed by atoms with Crippen molar-refractivity contribution in [2.24, 2.45) is 0 Å². The minimum absolute atomic E-state index is 0.218. The Morgan fingerprint density at radius 2 is 2.18 bits per heavy atom. The second-order valence-electron chi connectivity index (χ2n) is 2.04. The highest BCUT2D eigenvalue weighted by Gasteiger charge is 2.14. The lowest BCUT2D eigenvalue weighted by molar-refractivity contribution is -0.386. The van der Waals surface area contributed by atoms with Crippen molar-refractivity contribution in [3.05, 3.63) is 40.8 Å². The Balaban J connectivity index is 3.32. The third-order valence-corrected chi connectivity index (χ3v) is 1.28. The van der Waals surface area contributed by atoms with Gasteiger partial charge in [0.15, 0.2) is 5.75 Å². The van der Waals surface area contributed by atoms with Crippen molar-refractivity contribution in [1.29, 1.82) is 0 Å². The highest BCUT2D eigenvalue weighted by atomic mass is 16.6. The number of nitro groups is 1. The molecule has 0 amide bonds. The third-order valence-electron chi connectivity index (χ3n) is 1.28. The van der Waals surface area contributed by atoms with E-state index in [1.54, 1.807) is 0 Å². The van der Waals surface area contributed by atoms with Crippen LogP contribution in [0.1, 0.15) is 5.56 Å². The highest BCUT2D eigenvalue weighted by molar-refractivity contribution is 5.52. The molecule has 0 saturated carbocycles. The van der Waals surface area contributed by atoms with E-state index in [4.69, 9.17) is 5.11 Å². The lowest BCUT2D eigenvalue weighted by Gasteiger charge is -1.96. The molecule has 0 atom stereocenters. The number of para-hydroxylation sites is 1. The van der Waals surface area contributed by atoms with Gasteiger partial charge in [-0.25, -0.2) is 0 Å². The van der Waals surface area contributed by atoms with Gasteiger partial charge in [0.05, 0.1) is 4.92 Å². The van der Waals surface area contributed by atoms with Crippen LogP contribution in [0, 0.1) is 17.0 Å². The fourth-order valence-electron chi connectivity index (χ4n) is 0.789. The molecule has 4 nitrogen and oxygen atoms in total. The average Bonchev–Trinajstić information content (AvgIpc) is 1.85. The maximum Gasteiger partial charge on any atom is 0.313 e. The number of phenolic OH excluding ortho intramolecular Hbond substituents is 1. The van der Waals surface area contributed by atoms with Crippen molar-refractivity contribution in [1.82, 2.24) is 0 Å². The minimum Gasteiger partial charge on any atom is -0.502 e. The second-order valence-corrected chi connectivity index (χ2v) is 2.04. The predicted molar refractivity (Wildman–Crippen MR) is 39.2 cm³/mol. The highest BCUT2D eigenvalue weighted by Crippen LogP contribution is 2.28. The van der Waals surface area contributed by atoms with E-state index in [0.717, 1.165) is 0 Å². The van der Waals surface area contributed by atoms with Gasteiger partial charge in [0.25, 0.3) is 0 Å². The molecule has 0 heterocycles. The number of aromatic hydroxyl groups is 1. The van der Waals surface area contributed by atoms with E-state index in [9.17, 15) is 10.1 Å². The summed E-state index contributed by atoms with van der Waals surface area (Å²) in [5.41, 5.74) is -0.109. The fourth-order valence-corrected chi connectivity index (χ4v) is 0.789. The first kappa shape index (κ1) is 7.53. The summed E-state index contributed by atoms with van der Waals surface area (Å²) in [6, 6.07) is 4.23.